The fourth-order valence-electron chi connectivity index (χ4n) is 4.13. The van der Waals surface area contributed by atoms with Gasteiger partial charge in [0, 0.05) is 35.2 Å². The number of para-hydroxylation sites is 1. The second kappa shape index (κ2) is 10.2. The first-order valence-electron chi connectivity index (χ1n) is 11.0. The lowest BCUT2D eigenvalue weighted by Gasteiger charge is -2.21. The van der Waals surface area contributed by atoms with E-state index < -0.39 is 0 Å². The molecule has 1 amide bonds. The standard InChI is InChI=1S/C25H30N4O2/c1-31-21-13-11-20(12-14-21)28-25(29-24(30)18-7-3-2-4-8-18)26-16-15-19-17-27-23-10-6-5-9-22(19)23/h5-6,9-14,17-18,27H,2-4,7-8,15-16H2,1H3,(H2,26,28,29,30). The molecule has 0 saturated heterocycles. The fourth-order valence-corrected chi connectivity index (χ4v) is 4.13. The number of carbonyl (C=O) groups excluding carboxylic acids is 1. The van der Waals surface area contributed by atoms with Crippen molar-refractivity contribution in [2.75, 3.05) is 19.0 Å². The maximum absolute atomic E-state index is 12.8. The van der Waals surface area contributed by atoms with Crippen LogP contribution in [0.3, 0.4) is 0 Å². The number of nitrogens with zero attached hydrogens (tertiary/aromatic N) is 1. The molecule has 31 heavy (non-hydrogen) atoms. The van der Waals surface area contributed by atoms with Crippen LogP contribution in [-0.4, -0.2) is 30.5 Å². The van der Waals surface area contributed by atoms with Crippen molar-refractivity contribution in [2.24, 2.45) is 10.9 Å². The molecule has 3 N–H and O–H groups in total. The number of hydrogen-bond donors (Lipinski definition) is 3. The predicted octanol–water partition coefficient (Wildman–Crippen LogP) is 4.88. The van der Waals surface area contributed by atoms with E-state index in [0.717, 1.165) is 49.1 Å². The molecule has 0 atom stereocenters. The number of benzene rings is 2. The van der Waals surface area contributed by atoms with Crippen molar-refractivity contribution in [3.8, 4) is 5.75 Å². The Hall–Kier alpha value is -3.28. The van der Waals surface area contributed by atoms with Gasteiger partial charge in [-0.2, -0.15) is 0 Å². The summed E-state index contributed by atoms with van der Waals surface area (Å²) in [4.78, 5) is 20.8. The molecule has 1 aliphatic rings. The molecule has 6 nitrogen and oxygen atoms in total. The Balaban J connectivity index is 1.46. The summed E-state index contributed by atoms with van der Waals surface area (Å²) in [6.07, 6.45) is 8.20. The zero-order valence-corrected chi connectivity index (χ0v) is 18.0. The summed E-state index contributed by atoms with van der Waals surface area (Å²) in [7, 11) is 1.64. The van der Waals surface area contributed by atoms with Crippen molar-refractivity contribution in [1.29, 1.82) is 0 Å². The van der Waals surface area contributed by atoms with Gasteiger partial charge < -0.3 is 15.0 Å². The highest BCUT2D eigenvalue weighted by molar-refractivity contribution is 6.04. The van der Waals surface area contributed by atoms with Crippen LogP contribution in [0.25, 0.3) is 10.9 Å². The highest BCUT2D eigenvalue weighted by Crippen LogP contribution is 2.24. The van der Waals surface area contributed by atoms with Crippen LogP contribution in [0.1, 0.15) is 37.7 Å². The maximum atomic E-state index is 12.8. The van der Waals surface area contributed by atoms with Crippen LogP contribution < -0.4 is 15.4 Å². The first kappa shape index (κ1) is 21.0. The lowest BCUT2D eigenvalue weighted by atomic mass is 9.89. The monoisotopic (exact) mass is 418 g/mol. The summed E-state index contributed by atoms with van der Waals surface area (Å²) in [5.74, 6) is 1.42. The van der Waals surface area contributed by atoms with Crippen LogP contribution in [0.15, 0.2) is 59.7 Å². The van der Waals surface area contributed by atoms with Crippen LogP contribution in [0.2, 0.25) is 0 Å². The van der Waals surface area contributed by atoms with E-state index >= 15 is 0 Å². The van der Waals surface area contributed by atoms with Crippen molar-refractivity contribution in [2.45, 2.75) is 38.5 Å². The molecule has 162 valence electrons. The molecule has 6 heteroatoms. The van der Waals surface area contributed by atoms with E-state index in [1.165, 1.54) is 17.4 Å². The summed E-state index contributed by atoms with van der Waals surface area (Å²) in [5.41, 5.74) is 3.21. The Kier molecular flexibility index (Phi) is 6.87. The van der Waals surface area contributed by atoms with E-state index in [4.69, 9.17) is 9.73 Å². The van der Waals surface area contributed by atoms with Crippen molar-refractivity contribution in [3.63, 3.8) is 0 Å². The molecule has 1 fully saturated rings. The first-order valence-corrected chi connectivity index (χ1v) is 11.0. The third-order valence-electron chi connectivity index (χ3n) is 5.90. The Morgan fingerprint density at radius 2 is 1.87 bits per heavy atom. The normalized spacial score (nSPS) is 15.1. The van der Waals surface area contributed by atoms with Crippen LogP contribution >= 0.6 is 0 Å². The SMILES string of the molecule is COc1ccc(NC(=NCCc2c[nH]c3ccccc23)NC(=O)C2CCCCC2)cc1. The number of aliphatic imine (C=N–C) groups is 1. The Labute approximate surface area is 183 Å². The topological polar surface area (TPSA) is 78.5 Å². The van der Waals surface area contributed by atoms with Gasteiger partial charge in [-0.15, -0.1) is 0 Å². The Morgan fingerprint density at radius 1 is 1.10 bits per heavy atom. The number of nitrogens with one attached hydrogen (secondary N) is 3. The molecule has 0 radical (unpaired) electrons. The molecular weight excluding hydrogens is 388 g/mol. The molecule has 0 aliphatic heterocycles. The molecule has 0 unspecified atom stereocenters. The second-order valence-electron chi connectivity index (χ2n) is 8.02. The third kappa shape index (κ3) is 5.45. The number of rotatable bonds is 6. The number of amides is 1. The van der Waals surface area contributed by atoms with Gasteiger partial charge in [0.15, 0.2) is 0 Å². The third-order valence-corrected chi connectivity index (χ3v) is 5.90. The van der Waals surface area contributed by atoms with Crippen LogP contribution in [0.5, 0.6) is 5.75 Å². The fraction of sp³-hybridized carbons (Fsp3) is 0.360. The van der Waals surface area contributed by atoms with Crippen molar-refractivity contribution in [1.82, 2.24) is 10.3 Å². The van der Waals surface area contributed by atoms with Gasteiger partial charge in [0.1, 0.15) is 5.75 Å². The first-order chi connectivity index (χ1) is 15.2. The van der Waals surface area contributed by atoms with Gasteiger partial charge in [-0.25, -0.2) is 0 Å². The lowest BCUT2D eigenvalue weighted by molar-refractivity contribution is -0.124. The van der Waals surface area contributed by atoms with Crippen molar-refractivity contribution >= 4 is 28.5 Å². The number of hydrogen-bond acceptors (Lipinski definition) is 3. The largest absolute Gasteiger partial charge is 0.497 e. The van der Waals surface area contributed by atoms with E-state index in [2.05, 4.69) is 27.8 Å². The second-order valence-corrected chi connectivity index (χ2v) is 8.02. The van der Waals surface area contributed by atoms with Crippen LogP contribution in [-0.2, 0) is 11.2 Å². The highest BCUT2D eigenvalue weighted by atomic mass is 16.5. The van der Waals surface area contributed by atoms with E-state index in [1.807, 2.05) is 42.6 Å². The summed E-state index contributed by atoms with van der Waals surface area (Å²) < 4.78 is 5.23. The average Bonchev–Trinajstić information content (AvgIpc) is 3.23. The maximum Gasteiger partial charge on any atom is 0.229 e. The number of aromatic nitrogens is 1. The molecule has 1 saturated carbocycles. The average molecular weight is 419 g/mol. The van der Waals surface area contributed by atoms with Gasteiger partial charge in [0.25, 0.3) is 0 Å². The Morgan fingerprint density at radius 3 is 2.65 bits per heavy atom. The van der Waals surface area contributed by atoms with E-state index in [-0.39, 0.29) is 11.8 Å². The predicted molar refractivity (Wildman–Crippen MR) is 126 cm³/mol. The number of aromatic amines is 1. The van der Waals surface area contributed by atoms with Crippen LogP contribution in [0, 0.1) is 5.92 Å². The molecule has 1 aromatic heterocycles. The van der Waals surface area contributed by atoms with Crippen LogP contribution in [0.4, 0.5) is 5.69 Å². The molecule has 0 spiro atoms. The number of guanidine groups is 1. The number of fused-ring (bicyclic) bond motifs is 1. The van der Waals surface area contributed by atoms with Crippen molar-refractivity contribution in [3.05, 3.63) is 60.3 Å². The van der Waals surface area contributed by atoms with Gasteiger partial charge in [-0.05, 0) is 55.2 Å². The van der Waals surface area contributed by atoms with Gasteiger partial charge in [0.05, 0.1) is 7.11 Å². The minimum absolute atomic E-state index is 0.0616. The van der Waals surface area contributed by atoms with Crippen molar-refractivity contribution < 1.29 is 9.53 Å². The Bertz CT molecular complexity index is 1030. The highest BCUT2D eigenvalue weighted by Gasteiger charge is 2.22. The van der Waals surface area contributed by atoms with E-state index in [1.54, 1.807) is 7.11 Å². The minimum atomic E-state index is 0.0616. The van der Waals surface area contributed by atoms with Gasteiger partial charge in [0.2, 0.25) is 11.9 Å². The molecule has 4 rings (SSSR count). The zero-order chi connectivity index (χ0) is 21.5. The summed E-state index contributed by atoms with van der Waals surface area (Å²) in [5, 5.41) is 7.53. The molecule has 2 aromatic carbocycles. The molecular formula is C25H30N4O2. The summed E-state index contributed by atoms with van der Waals surface area (Å²) >= 11 is 0. The van der Waals surface area contributed by atoms with Gasteiger partial charge in [-0.1, -0.05) is 37.5 Å². The van der Waals surface area contributed by atoms with E-state index in [9.17, 15) is 4.79 Å². The molecule has 1 heterocycles. The zero-order valence-electron chi connectivity index (χ0n) is 18.0. The quantitative estimate of drug-likeness (QED) is 0.394. The van der Waals surface area contributed by atoms with Gasteiger partial charge >= 0.3 is 0 Å². The van der Waals surface area contributed by atoms with Gasteiger partial charge in [-0.3, -0.25) is 15.1 Å². The summed E-state index contributed by atoms with van der Waals surface area (Å²) in [6, 6.07) is 15.9. The lowest BCUT2D eigenvalue weighted by Crippen LogP contribution is -2.40. The molecule has 1 aliphatic carbocycles. The number of methoxy groups -OCH3 is 1. The number of anilines is 1. The molecule has 0 bridgehead atoms. The van der Waals surface area contributed by atoms with E-state index in [0.29, 0.717) is 12.5 Å². The smallest absolute Gasteiger partial charge is 0.229 e. The molecule has 3 aromatic rings. The summed E-state index contributed by atoms with van der Waals surface area (Å²) in [6.45, 7) is 0.575. The minimum Gasteiger partial charge on any atom is -0.497 e. The number of carbonyl (C=O) groups is 1. The number of H-pyrrole nitrogens is 1. The number of ether oxygens (including phenoxy) is 1.